The quantitative estimate of drug-likeness (QED) is 0.664. The van der Waals surface area contributed by atoms with Gasteiger partial charge in [-0.1, -0.05) is 17.3 Å². The number of carbonyl (C=O) groups is 2. The van der Waals surface area contributed by atoms with Crippen LogP contribution in [-0.4, -0.2) is 44.8 Å². The van der Waals surface area contributed by atoms with Gasteiger partial charge in [-0.15, -0.1) is 5.10 Å². The molecule has 3 rings (SSSR count). The van der Waals surface area contributed by atoms with E-state index >= 15 is 0 Å². The van der Waals surface area contributed by atoms with Gasteiger partial charge in [-0.25, -0.2) is 4.68 Å². The monoisotopic (exact) mass is 393 g/mol. The predicted octanol–water partition coefficient (Wildman–Crippen LogP) is 2.30. The lowest BCUT2D eigenvalue weighted by Gasteiger charge is -2.18. The zero-order chi connectivity index (χ0) is 20.8. The average molecular weight is 393 g/mol. The van der Waals surface area contributed by atoms with Gasteiger partial charge in [0.1, 0.15) is 5.52 Å². The number of anilines is 1. The molecule has 2 amide bonds. The fourth-order valence-electron chi connectivity index (χ4n) is 2.99. The molecule has 0 aliphatic carbocycles. The van der Waals surface area contributed by atoms with Crippen LogP contribution in [0, 0.1) is 0 Å². The molecule has 0 spiro atoms. The normalized spacial score (nSPS) is 10.7. The molecule has 0 saturated heterocycles. The van der Waals surface area contributed by atoms with Gasteiger partial charge in [0, 0.05) is 30.8 Å². The number of amides is 2. The zero-order valence-corrected chi connectivity index (χ0v) is 16.5. The van der Waals surface area contributed by atoms with Gasteiger partial charge in [0.2, 0.25) is 5.91 Å². The number of benzene rings is 2. The Labute approximate surface area is 168 Å². The van der Waals surface area contributed by atoms with Gasteiger partial charge < -0.3 is 10.2 Å². The molecule has 29 heavy (non-hydrogen) atoms. The largest absolute Gasteiger partial charge is 0.339 e. The Morgan fingerprint density at radius 1 is 1.03 bits per heavy atom. The van der Waals surface area contributed by atoms with E-state index in [0.29, 0.717) is 35.2 Å². The predicted molar refractivity (Wildman–Crippen MR) is 111 cm³/mol. The summed E-state index contributed by atoms with van der Waals surface area (Å²) in [6, 6.07) is 13.7. The number of aryl methyl sites for hydroxylation is 1. The van der Waals surface area contributed by atoms with Crippen molar-refractivity contribution in [2.45, 2.75) is 26.8 Å². The molecule has 8 heteroatoms. The van der Waals surface area contributed by atoms with Crippen molar-refractivity contribution < 1.29 is 9.59 Å². The second-order valence-electron chi connectivity index (χ2n) is 6.49. The fraction of sp³-hybridized carbons (Fsp3) is 0.286. The second-order valence-corrected chi connectivity index (χ2v) is 6.49. The Hall–Kier alpha value is -3.55. The van der Waals surface area contributed by atoms with Crippen molar-refractivity contribution >= 4 is 28.4 Å². The topological polar surface area (TPSA) is 97.2 Å². The molecular weight excluding hydrogens is 370 g/mol. The summed E-state index contributed by atoms with van der Waals surface area (Å²) < 4.78 is 1.19. The molecule has 2 aromatic carbocycles. The van der Waals surface area contributed by atoms with Crippen LogP contribution in [0.1, 0.15) is 30.6 Å². The maximum Gasteiger partial charge on any atom is 0.277 e. The van der Waals surface area contributed by atoms with E-state index in [9.17, 15) is 14.4 Å². The summed E-state index contributed by atoms with van der Waals surface area (Å²) in [7, 11) is 0. The van der Waals surface area contributed by atoms with Crippen LogP contribution in [0.3, 0.4) is 0 Å². The Kier molecular flexibility index (Phi) is 6.33. The summed E-state index contributed by atoms with van der Waals surface area (Å²) in [5.41, 5.74) is 1.41. The third-order valence-corrected chi connectivity index (χ3v) is 4.65. The molecule has 150 valence electrons. The Morgan fingerprint density at radius 2 is 1.72 bits per heavy atom. The first-order valence-corrected chi connectivity index (χ1v) is 9.55. The summed E-state index contributed by atoms with van der Waals surface area (Å²) in [5, 5.41) is 11.1. The smallest absolute Gasteiger partial charge is 0.277 e. The molecule has 0 aliphatic heterocycles. The zero-order valence-electron chi connectivity index (χ0n) is 16.5. The number of hydrogen-bond acceptors (Lipinski definition) is 5. The molecule has 0 fully saturated rings. The maximum absolute atomic E-state index is 12.4. The summed E-state index contributed by atoms with van der Waals surface area (Å²) in [6.45, 7) is 5.28. The lowest BCUT2D eigenvalue weighted by Crippen LogP contribution is -2.30. The van der Waals surface area contributed by atoms with E-state index in [4.69, 9.17) is 0 Å². The van der Waals surface area contributed by atoms with Crippen molar-refractivity contribution in [2.75, 3.05) is 18.4 Å². The number of aromatic nitrogens is 3. The molecule has 0 radical (unpaired) electrons. The number of carbonyl (C=O) groups excluding carboxylic acids is 2. The number of fused-ring (bicyclic) bond motifs is 1. The SMILES string of the molecule is CCN(CC)C(=O)c1ccc(NC(=O)CCn2nnc3ccccc3c2=O)cc1. The molecule has 0 saturated carbocycles. The van der Waals surface area contributed by atoms with Gasteiger partial charge in [-0.2, -0.15) is 0 Å². The third-order valence-electron chi connectivity index (χ3n) is 4.65. The minimum absolute atomic E-state index is 0.0397. The van der Waals surface area contributed by atoms with Crippen LogP contribution in [0.2, 0.25) is 0 Å². The van der Waals surface area contributed by atoms with E-state index in [1.807, 2.05) is 13.8 Å². The Balaban J connectivity index is 1.61. The van der Waals surface area contributed by atoms with Crippen molar-refractivity contribution in [1.82, 2.24) is 19.9 Å². The molecule has 0 atom stereocenters. The second kappa shape index (κ2) is 9.09. The molecule has 8 nitrogen and oxygen atoms in total. The van der Waals surface area contributed by atoms with Crippen LogP contribution in [-0.2, 0) is 11.3 Å². The standard InChI is InChI=1S/C21H23N5O3/c1-3-25(4-2)20(28)15-9-11-16(12-10-15)22-19(27)13-14-26-21(29)17-7-5-6-8-18(17)23-24-26/h5-12H,3-4,13-14H2,1-2H3,(H,22,27). The molecule has 0 bridgehead atoms. The van der Waals surface area contributed by atoms with Crippen molar-refractivity contribution in [3.8, 4) is 0 Å². The lowest BCUT2D eigenvalue weighted by molar-refractivity contribution is -0.116. The first-order chi connectivity index (χ1) is 14.0. The Bertz CT molecular complexity index is 1070. The van der Waals surface area contributed by atoms with E-state index in [0.717, 1.165) is 0 Å². The van der Waals surface area contributed by atoms with Crippen molar-refractivity contribution in [2.24, 2.45) is 0 Å². The van der Waals surface area contributed by atoms with E-state index in [1.54, 1.807) is 53.4 Å². The Morgan fingerprint density at radius 3 is 2.41 bits per heavy atom. The van der Waals surface area contributed by atoms with Gasteiger partial charge in [-0.05, 0) is 50.2 Å². The van der Waals surface area contributed by atoms with Gasteiger partial charge in [0.15, 0.2) is 0 Å². The summed E-state index contributed by atoms with van der Waals surface area (Å²) in [6.07, 6.45) is 0.0764. The number of hydrogen-bond donors (Lipinski definition) is 1. The summed E-state index contributed by atoms with van der Waals surface area (Å²) >= 11 is 0. The van der Waals surface area contributed by atoms with Gasteiger partial charge in [0.05, 0.1) is 11.9 Å². The number of rotatable bonds is 7. The summed E-state index contributed by atoms with van der Waals surface area (Å²) in [4.78, 5) is 38.7. The average Bonchev–Trinajstić information content (AvgIpc) is 2.75. The van der Waals surface area contributed by atoms with E-state index in [2.05, 4.69) is 15.6 Å². The fourth-order valence-corrected chi connectivity index (χ4v) is 2.99. The van der Waals surface area contributed by atoms with Gasteiger partial charge >= 0.3 is 0 Å². The van der Waals surface area contributed by atoms with Crippen LogP contribution < -0.4 is 10.9 Å². The van der Waals surface area contributed by atoms with Gasteiger partial charge in [-0.3, -0.25) is 14.4 Å². The molecular formula is C21H23N5O3. The molecule has 1 heterocycles. The minimum atomic E-state index is -0.275. The maximum atomic E-state index is 12.4. The first kappa shape index (κ1) is 20.2. The molecule has 0 unspecified atom stereocenters. The van der Waals surface area contributed by atoms with Crippen molar-refractivity contribution in [3.05, 3.63) is 64.4 Å². The van der Waals surface area contributed by atoms with Crippen LogP contribution in [0.5, 0.6) is 0 Å². The highest BCUT2D eigenvalue weighted by Gasteiger charge is 2.12. The van der Waals surface area contributed by atoms with Crippen molar-refractivity contribution in [1.29, 1.82) is 0 Å². The van der Waals surface area contributed by atoms with E-state index in [-0.39, 0.29) is 30.3 Å². The highest BCUT2D eigenvalue weighted by molar-refractivity contribution is 5.95. The number of nitrogens with one attached hydrogen (secondary N) is 1. The highest BCUT2D eigenvalue weighted by atomic mass is 16.2. The molecule has 3 aromatic rings. The number of nitrogens with zero attached hydrogens (tertiary/aromatic N) is 4. The van der Waals surface area contributed by atoms with Crippen LogP contribution in [0.4, 0.5) is 5.69 Å². The van der Waals surface area contributed by atoms with E-state index < -0.39 is 0 Å². The van der Waals surface area contributed by atoms with Gasteiger partial charge in [0.25, 0.3) is 11.5 Å². The van der Waals surface area contributed by atoms with Crippen molar-refractivity contribution in [3.63, 3.8) is 0 Å². The van der Waals surface area contributed by atoms with E-state index in [1.165, 1.54) is 4.68 Å². The minimum Gasteiger partial charge on any atom is -0.339 e. The molecule has 0 aliphatic rings. The summed E-state index contributed by atoms with van der Waals surface area (Å²) in [5.74, 6) is -0.295. The highest BCUT2D eigenvalue weighted by Crippen LogP contribution is 2.12. The van der Waals surface area contributed by atoms with Crippen LogP contribution in [0.15, 0.2) is 53.3 Å². The third kappa shape index (κ3) is 4.66. The molecule has 1 N–H and O–H groups in total. The van der Waals surface area contributed by atoms with Crippen LogP contribution in [0.25, 0.3) is 10.9 Å². The lowest BCUT2D eigenvalue weighted by atomic mass is 10.1. The molecule has 1 aromatic heterocycles. The van der Waals surface area contributed by atoms with Crippen LogP contribution >= 0.6 is 0 Å². The first-order valence-electron chi connectivity index (χ1n) is 9.55.